The van der Waals surface area contributed by atoms with Crippen LogP contribution < -0.4 is 0 Å². The van der Waals surface area contributed by atoms with Gasteiger partial charge in [-0.05, 0) is 54.4 Å². The van der Waals surface area contributed by atoms with Gasteiger partial charge in [0.15, 0.2) is 9.84 Å². The Morgan fingerprint density at radius 2 is 1.84 bits per heavy atom. The van der Waals surface area contributed by atoms with Gasteiger partial charge in [0.05, 0.1) is 16.8 Å². The summed E-state index contributed by atoms with van der Waals surface area (Å²) in [5.41, 5.74) is 2.24. The number of sulfone groups is 1. The van der Waals surface area contributed by atoms with E-state index in [1.165, 1.54) is 0 Å². The normalized spacial score (nSPS) is 31.6. The number of benzene rings is 1. The Bertz CT molecular complexity index is 830. The van der Waals surface area contributed by atoms with Crippen molar-refractivity contribution in [1.82, 2.24) is 0 Å². The van der Waals surface area contributed by atoms with Gasteiger partial charge in [-0.2, -0.15) is 0 Å². The van der Waals surface area contributed by atoms with Crippen molar-refractivity contribution in [3.8, 4) is 0 Å². The minimum atomic E-state index is -3.43. The van der Waals surface area contributed by atoms with Crippen LogP contribution in [-0.4, -0.2) is 25.4 Å². The van der Waals surface area contributed by atoms with Gasteiger partial charge < -0.3 is 5.11 Å². The molecular formula is C21H28O3S. The maximum atomic E-state index is 13.0. The van der Waals surface area contributed by atoms with E-state index in [4.69, 9.17) is 0 Å². The Morgan fingerprint density at radius 3 is 2.36 bits per heavy atom. The number of aryl methyl sites for hydroxylation is 1. The summed E-state index contributed by atoms with van der Waals surface area (Å²) >= 11 is 0. The van der Waals surface area contributed by atoms with Gasteiger partial charge >= 0.3 is 0 Å². The number of aliphatic hydroxyl groups is 1. The third-order valence-corrected chi connectivity index (χ3v) is 7.67. The summed E-state index contributed by atoms with van der Waals surface area (Å²) in [6.07, 6.45) is 3.03. The highest BCUT2D eigenvalue weighted by atomic mass is 32.2. The van der Waals surface area contributed by atoms with E-state index in [0.717, 1.165) is 23.1 Å². The Balaban J connectivity index is 2.02. The molecule has 0 unspecified atom stereocenters. The molecule has 136 valence electrons. The van der Waals surface area contributed by atoms with Gasteiger partial charge in [-0.3, -0.25) is 0 Å². The highest BCUT2D eigenvalue weighted by Gasteiger charge is 2.55. The summed E-state index contributed by atoms with van der Waals surface area (Å²) in [6.45, 7) is 12.5. The molecule has 0 heterocycles. The van der Waals surface area contributed by atoms with Gasteiger partial charge in [-0.25, -0.2) is 8.42 Å². The fraction of sp³-hybridized carbons (Fsp3) is 0.524. The molecule has 0 aliphatic heterocycles. The van der Waals surface area contributed by atoms with Gasteiger partial charge in [0.1, 0.15) is 0 Å². The monoisotopic (exact) mass is 360 g/mol. The summed E-state index contributed by atoms with van der Waals surface area (Å²) in [5.74, 6) is 0.187. The van der Waals surface area contributed by atoms with Crippen LogP contribution in [0.15, 0.2) is 53.0 Å². The Morgan fingerprint density at radius 1 is 1.24 bits per heavy atom. The van der Waals surface area contributed by atoms with Crippen LogP contribution in [0.5, 0.6) is 0 Å². The molecule has 1 aromatic carbocycles. The zero-order chi connectivity index (χ0) is 18.6. The number of allylic oxidation sites excluding steroid dienone is 1. The SMILES string of the molecule is C=C1[C@H](O)C[C@@H](C)[C@@]12CC(C)(C)C=C2CS(=O)(=O)c1ccc(C)cc1. The molecule has 1 N–H and O–H groups in total. The first-order valence-corrected chi connectivity index (χ1v) is 10.5. The average molecular weight is 361 g/mol. The summed E-state index contributed by atoms with van der Waals surface area (Å²) in [6, 6.07) is 7.02. The minimum absolute atomic E-state index is 0.00439. The van der Waals surface area contributed by atoms with Crippen molar-refractivity contribution in [1.29, 1.82) is 0 Å². The van der Waals surface area contributed by atoms with Crippen LogP contribution in [0.2, 0.25) is 0 Å². The molecule has 0 bridgehead atoms. The lowest BCUT2D eigenvalue weighted by Gasteiger charge is -2.36. The lowest BCUT2D eigenvalue weighted by Crippen LogP contribution is -2.31. The predicted octanol–water partition coefficient (Wildman–Crippen LogP) is 4.07. The van der Waals surface area contributed by atoms with Crippen molar-refractivity contribution in [2.24, 2.45) is 16.7 Å². The van der Waals surface area contributed by atoms with Crippen molar-refractivity contribution in [2.75, 3.05) is 5.75 Å². The van der Waals surface area contributed by atoms with Crippen LogP contribution >= 0.6 is 0 Å². The summed E-state index contributed by atoms with van der Waals surface area (Å²) in [4.78, 5) is 0.357. The maximum Gasteiger partial charge on any atom is 0.182 e. The third-order valence-electron chi connectivity index (χ3n) is 5.99. The standard InChI is InChI=1S/C21H28O3S/c1-14-6-8-18(9-7-14)25(23,24)12-17-11-20(4,5)13-21(17)15(2)10-19(22)16(21)3/h6-9,11,15,19,22H,3,10,12-13H2,1-2,4-5H3/t15-,19-,21+/m1/s1. The predicted molar refractivity (Wildman–Crippen MR) is 101 cm³/mol. The first-order valence-electron chi connectivity index (χ1n) is 8.87. The van der Waals surface area contributed by atoms with Crippen LogP contribution in [0, 0.1) is 23.7 Å². The molecule has 2 aliphatic carbocycles. The molecule has 25 heavy (non-hydrogen) atoms. The lowest BCUT2D eigenvalue weighted by atomic mass is 9.69. The van der Waals surface area contributed by atoms with Crippen molar-refractivity contribution in [3.63, 3.8) is 0 Å². The molecule has 0 saturated heterocycles. The quantitative estimate of drug-likeness (QED) is 0.827. The van der Waals surface area contributed by atoms with Crippen LogP contribution in [0.25, 0.3) is 0 Å². The number of hydrogen-bond acceptors (Lipinski definition) is 3. The zero-order valence-corrected chi connectivity index (χ0v) is 16.4. The molecule has 3 nitrogen and oxygen atoms in total. The third kappa shape index (κ3) is 3.00. The van der Waals surface area contributed by atoms with Gasteiger partial charge in [0.25, 0.3) is 0 Å². The number of rotatable bonds is 3. The molecule has 1 saturated carbocycles. The van der Waals surface area contributed by atoms with Crippen molar-refractivity contribution in [2.45, 2.75) is 51.5 Å². The first kappa shape index (κ1) is 18.4. The van der Waals surface area contributed by atoms with Gasteiger partial charge in [0.2, 0.25) is 0 Å². The zero-order valence-electron chi connectivity index (χ0n) is 15.5. The van der Waals surface area contributed by atoms with E-state index >= 15 is 0 Å². The lowest BCUT2D eigenvalue weighted by molar-refractivity contribution is 0.210. The molecule has 3 atom stereocenters. The first-order chi connectivity index (χ1) is 11.5. The fourth-order valence-electron chi connectivity index (χ4n) is 4.79. The molecule has 2 aliphatic rings. The van der Waals surface area contributed by atoms with E-state index in [0.29, 0.717) is 11.3 Å². The van der Waals surface area contributed by atoms with E-state index in [1.54, 1.807) is 12.1 Å². The Labute approximate surface area is 151 Å². The topological polar surface area (TPSA) is 54.4 Å². The van der Waals surface area contributed by atoms with E-state index in [-0.39, 0.29) is 17.1 Å². The van der Waals surface area contributed by atoms with Gasteiger partial charge in [0, 0.05) is 5.41 Å². The summed E-state index contributed by atoms with van der Waals surface area (Å²) < 4.78 is 26.0. The molecule has 3 rings (SSSR count). The smallest absolute Gasteiger partial charge is 0.182 e. The van der Waals surface area contributed by atoms with Gasteiger partial charge in [-0.1, -0.05) is 51.1 Å². The van der Waals surface area contributed by atoms with Crippen molar-refractivity contribution >= 4 is 9.84 Å². The van der Waals surface area contributed by atoms with Gasteiger partial charge in [-0.15, -0.1) is 0 Å². The molecule has 4 heteroatoms. The Hall–Kier alpha value is -1.39. The highest BCUT2D eigenvalue weighted by Crippen LogP contribution is 2.62. The van der Waals surface area contributed by atoms with E-state index in [9.17, 15) is 13.5 Å². The van der Waals surface area contributed by atoms with E-state index < -0.39 is 21.4 Å². The fourth-order valence-corrected chi connectivity index (χ4v) is 6.26. The Kier molecular flexibility index (Phi) is 4.28. The average Bonchev–Trinajstić information content (AvgIpc) is 2.88. The van der Waals surface area contributed by atoms with Crippen LogP contribution in [0.4, 0.5) is 0 Å². The second-order valence-electron chi connectivity index (χ2n) is 8.56. The molecule has 0 amide bonds. The van der Waals surface area contributed by atoms with E-state index in [2.05, 4.69) is 33.4 Å². The largest absolute Gasteiger partial charge is 0.389 e. The van der Waals surface area contributed by atoms with Crippen LogP contribution in [0.1, 0.15) is 39.2 Å². The molecule has 0 aromatic heterocycles. The second kappa shape index (κ2) is 5.82. The molecular weight excluding hydrogens is 332 g/mol. The molecule has 0 radical (unpaired) electrons. The van der Waals surface area contributed by atoms with Crippen LogP contribution in [0.3, 0.4) is 0 Å². The van der Waals surface area contributed by atoms with E-state index in [1.807, 2.05) is 19.1 Å². The highest BCUT2D eigenvalue weighted by molar-refractivity contribution is 7.91. The summed E-state index contributed by atoms with van der Waals surface area (Å²) in [7, 11) is -3.43. The number of hydrogen-bond donors (Lipinski definition) is 1. The summed E-state index contributed by atoms with van der Waals surface area (Å²) in [5, 5.41) is 10.4. The molecule has 1 aromatic rings. The molecule has 1 fully saturated rings. The number of aliphatic hydroxyl groups excluding tert-OH is 1. The van der Waals surface area contributed by atoms with Crippen LogP contribution in [-0.2, 0) is 9.84 Å². The molecule has 1 spiro atoms. The minimum Gasteiger partial charge on any atom is -0.389 e. The van der Waals surface area contributed by atoms with Crippen molar-refractivity contribution in [3.05, 3.63) is 53.6 Å². The van der Waals surface area contributed by atoms with Crippen molar-refractivity contribution < 1.29 is 13.5 Å². The second-order valence-corrected chi connectivity index (χ2v) is 10.5. The maximum absolute atomic E-state index is 13.0.